The molecule has 0 aliphatic rings. The van der Waals surface area contributed by atoms with E-state index in [1.807, 2.05) is 6.08 Å². The Bertz CT molecular complexity index is 129. The zero-order chi connectivity index (χ0) is 10.2. The molecule has 0 unspecified atom stereocenters. The average molecular weight is 158 g/mol. The normalized spacial score (nSPS) is 13.9. The topological polar surface area (TPSA) is 20.2 Å². The summed E-state index contributed by atoms with van der Waals surface area (Å²) in [7, 11) is 0. The molecule has 0 aromatic rings. The first kappa shape index (κ1) is 7.35. The van der Waals surface area contributed by atoms with Crippen LogP contribution < -0.4 is 0 Å². The van der Waals surface area contributed by atoms with E-state index in [0.29, 0.717) is 0 Å². The number of allylic oxidation sites excluding steroid dienone is 1. The summed E-state index contributed by atoms with van der Waals surface area (Å²) in [5.41, 5.74) is 0. The first-order chi connectivity index (χ1) is 6.06. The highest BCUT2D eigenvalue weighted by molar-refractivity contribution is 4.65. The fraction of sp³-hybridized carbons (Fsp3) is 0.800. The molecule has 1 heteroatoms. The van der Waals surface area contributed by atoms with Crippen LogP contribution in [-0.4, -0.2) is 11.7 Å². The second kappa shape index (κ2) is 9.70. The second-order valence-electron chi connectivity index (χ2n) is 2.75. The summed E-state index contributed by atoms with van der Waals surface area (Å²) >= 11 is 0. The Balaban J connectivity index is 3.04. The van der Waals surface area contributed by atoms with Gasteiger partial charge in [0.15, 0.2) is 0 Å². The molecule has 1 nitrogen and oxygen atoms in total. The molecule has 0 heterocycles. The minimum Gasteiger partial charge on any atom is -0.396 e. The second-order valence-corrected chi connectivity index (χ2v) is 2.75. The van der Waals surface area contributed by atoms with E-state index in [0.717, 1.165) is 25.7 Å². The Morgan fingerprint density at radius 3 is 2.18 bits per heavy atom. The largest absolute Gasteiger partial charge is 0.396 e. The molecular formula is C10H20O. The highest BCUT2D eigenvalue weighted by Crippen LogP contribution is 2.06. The summed E-state index contributed by atoms with van der Waals surface area (Å²) in [6, 6.07) is 0. The van der Waals surface area contributed by atoms with Gasteiger partial charge in [-0.3, -0.25) is 0 Å². The summed E-state index contributed by atoms with van der Waals surface area (Å²) in [6.07, 6.45) is 8.52. The zero-order valence-electron chi connectivity index (χ0n) is 9.18. The van der Waals surface area contributed by atoms with E-state index in [4.69, 9.17) is 7.85 Å². The molecule has 0 bridgehead atoms. The predicted octanol–water partition coefficient (Wildman–Crippen LogP) is 2.90. The first-order valence-electron chi connectivity index (χ1n) is 5.39. The summed E-state index contributed by atoms with van der Waals surface area (Å²) in [6.45, 7) is 1.67. The summed E-state index contributed by atoms with van der Waals surface area (Å²) in [5.74, 6) is 0. The number of unbranched alkanes of at least 4 members (excludes halogenated alkanes) is 5. The molecule has 0 rings (SSSR count). The van der Waals surface area contributed by atoms with Gasteiger partial charge in [0.1, 0.15) is 0 Å². The Morgan fingerprint density at radius 1 is 1.09 bits per heavy atom. The maximum absolute atomic E-state index is 8.78. The van der Waals surface area contributed by atoms with E-state index in [1.54, 1.807) is 0 Å². The van der Waals surface area contributed by atoms with Gasteiger partial charge in [0.25, 0.3) is 0 Å². The Hall–Kier alpha value is -0.300. The van der Waals surface area contributed by atoms with Crippen LogP contribution in [0.1, 0.15) is 47.7 Å². The molecule has 0 saturated heterocycles. The van der Waals surface area contributed by atoms with Crippen LogP contribution in [0, 0.1) is 0 Å². The highest BCUT2D eigenvalue weighted by Gasteiger charge is 1.88. The SMILES string of the molecule is [2H]C([2H])(O)CCCCCCCC=C. The third-order valence-electron chi connectivity index (χ3n) is 1.70. The van der Waals surface area contributed by atoms with Crippen molar-refractivity contribution in [1.82, 2.24) is 0 Å². The third kappa shape index (κ3) is 9.70. The van der Waals surface area contributed by atoms with Gasteiger partial charge in [-0.2, -0.15) is 0 Å². The monoisotopic (exact) mass is 158 g/mol. The van der Waals surface area contributed by atoms with E-state index in [2.05, 4.69) is 6.58 Å². The van der Waals surface area contributed by atoms with Crippen LogP contribution >= 0.6 is 0 Å². The third-order valence-corrected chi connectivity index (χ3v) is 1.70. The van der Waals surface area contributed by atoms with Crippen LogP contribution in [0.3, 0.4) is 0 Å². The molecule has 0 amide bonds. The molecule has 0 aromatic carbocycles. The van der Waals surface area contributed by atoms with Crippen LogP contribution in [-0.2, 0) is 0 Å². The lowest BCUT2D eigenvalue weighted by molar-refractivity contribution is 0.282. The minimum atomic E-state index is -1.97. The van der Waals surface area contributed by atoms with Crippen LogP contribution in [0.4, 0.5) is 0 Å². The van der Waals surface area contributed by atoms with E-state index >= 15 is 0 Å². The van der Waals surface area contributed by atoms with Crippen LogP contribution in [0.5, 0.6) is 0 Å². The fourth-order valence-electron chi connectivity index (χ4n) is 1.02. The van der Waals surface area contributed by atoms with Gasteiger partial charge in [0.2, 0.25) is 0 Å². The Kier molecular flexibility index (Phi) is 6.49. The smallest absolute Gasteiger partial charge is 0.0564 e. The van der Waals surface area contributed by atoms with Crippen LogP contribution in [0.25, 0.3) is 0 Å². The van der Waals surface area contributed by atoms with Gasteiger partial charge in [-0.1, -0.05) is 31.8 Å². The molecular weight excluding hydrogens is 136 g/mol. The van der Waals surface area contributed by atoms with E-state index < -0.39 is 6.56 Å². The highest BCUT2D eigenvalue weighted by atomic mass is 16.2. The van der Waals surface area contributed by atoms with Crippen molar-refractivity contribution in [3.8, 4) is 0 Å². The standard InChI is InChI=1S/C10H20O/c1-2-3-4-5-6-7-8-9-10-11/h2,11H,1,3-10H2/i10D2. The Morgan fingerprint density at radius 2 is 1.64 bits per heavy atom. The van der Waals surface area contributed by atoms with Crippen molar-refractivity contribution in [3.05, 3.63) is 12.7 Å². The maximum Gasteiger partial charge on any atom is 0.0564 e. The molecule has 0 aromatic heterocycles. The number of hydrogen-bond donors (Lipinski definition) is 1. The Labute approximate surface area is 72.9 Å². The van der Waals surface area contributed by atoms with Gasteiger partial charge in [-0.25, -0.2) is 0 Å². The molecule has 0 aliphatic heterocycles. The van der Waals surface area contributed by atoms with Crippen molar-refractivity contribution in [2.24, 2.45) is 0 Å². The molecule has 0 spiro atoms. The van der Waals surface area contributed by atoms with Crippen molar-refractivity contribution in [3.63, 3.8) is 0 Å². The van der Waals surface area contributed by atoms with E-state index in [-0.39, 0.29) is 6.42 Å². The summed E-state index contributed by atoms with van der Waals surface area (Å²) in [4.78, 5) is 0. The molecule has 0 radical (unpaired) electrons. The van der Waals surface area contributed by atoms with Gasteiger partial charge in [0, 0.05) is 6.56 Å². The zero-order valence-corrected chi connectivity index (χ0v) is 7.18. The number of rotatable bonds is 8. The van der Waals surface area contributed by atoms with Gasteiger partial charge >= 0.3 is 0 Å². The van der Waals surface area contributed by atoms with Gasteiger partial charge < -0.3 is 5.11 Å². The van der Waals surface area contributed by atoms with E-state index in [1.165, 1.54) is 12.8 Å². The van der Waals surface area contributed by atoms with Gasteiger partial charge in [-0.15, -0.1) is 6.58 Å². The molecule has 0 atom stereocenters. The lowest BCUT2D eigenvalue weighted by atomic mass is 10.1. The molecule has 0 aliphatic carbocycles. The fourth-order valence-corrected chi connectivity index (χ4v) is 1.02. The van der Waals surface area contributed by atoms with Crippen molar-refractivity contribution in [2.45, 2.75) is 44.9 Å². The van der Waals surface area contributed by atoms with Gasteiger partial charge in [-0.05, 0) is 19.3 Å². The summed E-state index contributed by atoms with van der Waals surface area (Å²) < 4.78 is 13.8. The lowest BCUT2D eigenvalue weighted by Crippen LogP contribution is -1.83. The van der Waals surface area contributed by atoms with Gasteiger partial charge in [0.05, 0.1) is 2.74 Å². The van der Waals surface area contributed by atoms with Crippen LogP contribution in [0.15, 0.2) is 12.7 Å². The number of hydrogen-bond acceptors (Lipinski definition) is 1. The molecule has 0 fully saturated rings. The first-order valence-corrected chi connectivity index (χ1v) is 4.39. The average Bonchev–Trinajstić information content (AvgIpc) is 2.01. The molecule has 11 heavy (non-hydrogen) atoms. The number of aliphatic hydroxyl groups is 1. The minimum absolute atomic E-state index is 0.258. The van der Waals surface area contributed by atoms with E-state index in [9.17, 15) is 0 Å². The predicted molar refractivity (Wildman–Crippen MR) is 49.6 cm³/mol. The molecule has 1 N–H and O–H groups in total. The van der Waals surface area contributed by atoms with Crippen molar-refractivity contribution < 1.29 is 7.85 Å². The van der Waals surface area contributed by atoms with Crippen molar-refractivity contribution in [2.75, 3.05) is 6.56 Å². The van der Waals surface area contributed by atoms with Crippen LogP contribution in [0.2, 0.25) is 0 Å². The van der Waals surface area contributed by atoms with Crippen molar-refractivity contribution >= 4 is 0 Å². The van der Waals surface area contributed by atoms with Crippen molar-refractivity contribution in [1.29, 1.82) is 0 Å². The molecule has 66 valence electrons. The lowest BCUT2D eigenvalue weighted by Gasteiger charge is -1.97. The quantitative estimate of drug-likeness (QED) is 0.425. The maximum atomic E-state index is 8.78. The summed E-state index contributed by atoms with van der Waals surface area (Å²) in [5, 5.41) is 8.78. The molecule has 0 saturated carbocycles.